The van der Waals surface area contributed by atoms with Crippen LogP contribution < -0.4 is 5.32 Å². The highest BCUT2D eigenvalue weighted by atomic mass is 32.2. The van der Waals surface area contributed by atoms with E-state index in [1.54, 1.807) is 0 Å². The first-order valence-electron chi connectivity index (χ1n) is 4.60. The molecule has 0 aliphatic carbocycles. The van der Waals surface area contributed by atoms with Gasteiger partial charge in [0.15, 0.2) is 9.84 Å². The monoisotopic (exact) mass is 243 g/mol. The Hall–Kier alpha value is -1.40. The molecule has 1 aromatic carbocycles. The minimum Gasteiger partial charge on any atom is -0.384 e. The highest BCUT2D eigenvalue weighted by Crippen LogP contribution is 2.13. The lowest BCUT2D eigenvalue weighted by molar-refractivity contribution is -0.123. The second-order valence-corrected chi connectivity index (χ2v) is 5.48. The van der Waals surface area contributed by atoms with E-state index in [9.17, 15) is 13.2 Å². The van der Waals surface area contributed by atoms with Gasteiger partial charge in [-0.2, -0.15) is 0 Å². The quantitative estimate of drug-likeness (QED) is 0.805. The standard InChI is InChI=1S/C10H13NO4S/c1-7(12)10(13)11-8-3-5-9(6-4-8)16(2,14)15/h3-7,12H,1-2H3,(H,11,13). The number of aliphatic hydroxyl groups excluding tert-OH is 1. The van der Waals surface area contributed by atoms with Gasteiger partial charge in [-0.25, -0.2) is 8.42 Å². The van der Waals surface area contributed by atoms with E-state index in [1.165, 1.54) is 31.2 Å². The summed E-state index contributed by atoms with van der Waals surface area (Å²) in [6, 6.07) is 5.73. The summed E-state index contributed by atoms with van der Waals surface area (Å²) >= 11 is 0. The van der Waals surface area contributed by atoms with Crippen molar-refractivity contribution in [3.8, 4) is 0 Å². The van der Waals surface area contributed by atoms with Gasteiger partial charge in [0.2, 0.25) is 0 Å². The average molecular weight is 243 g/mol. The molecule has 0 aliphatic rings. The zero-order valence-corrected chi connectivity index (χ0v) is 9.78. The van der Waals surface area contributed by atoms with Crippen molar-refractivity contribution in [2.45, 2.75) is 17.9 Å². The lowest BCUT2D eigenvalue weighted by Gasteiger charge is -2.07. The van der Waals surface area contributed by atoms with E-state index < -0.39 is 21.8 Å². The Morgan fingerprint density at radius 1 is 1.31 bits per heavy atom. The first kappa shape index (κ1) is 12.7. The summed E-state index contributed by atoms with van der Waals surface area (Å²) in [6.45, 7) is 1.35. The Bertz CT molecular complexity index is 476. The zero-order chi connectivity index (χ0) is 12.3. The van der Waals surface area contributed by atoms with Crippen LogP contribution in [0.15, 0.2) is 29.2 Å². The fraction of sp³-hybridized carbons (Fsp3) is 0.300. The van der Waals surface area contributed by atoms with Gasteiger partial charge in [-0.1, -0.05) is 0 Å². The number of benzene rings is 1. The Morgan fingerprint density at radius 2 is 1.81 bits per heavy atom. The first-order valence-corrected chi connectivity index (χ1v) is 6.49. The number of sulfone groups is 1. The molecule has 0 fully saturated rings. The van der Waals surface area contributed by atoms with Crippen molar-refractivity contribution in [1.29, 1.82) is 0 Å². The van der Waals surface area contributed by atoms with Crippen molar-refractivity contribution in [2.24, 2.45) is 0 Å². The number of amides is 1. The third-order valence-electron chi connectivity index (χ3n) is 1.93. The number of hydrogen-bond acceptors (Lipinski definition) is 4. The number of carbonyl (C=O) groups is 1. The van der Waals surface area contributed by atoms with E-state index in [-0.39, 0.29) is 4.90 Å². The highest BCUT2D eigenvalue weighted by molar-refractivity contribution is 7.90. The van der Waals surface area contributed by atoms with Crippen LogP contribution in [0, 0.1) is 0 Å². The molecule has 1 rings (SSSR count). The number of carbonyl (C=O) groups excluding carboxylic acids is 1. The molecule has 0 aromatic heterocycles. The van der Waals surface area contributed by atoms with Crippen LogP contribution in [0.1, 0.15) is 6.92 Å². The molecule has 16 heavy (non-hydrogen) atoms. The van der Waals surface area contributed by atoms with E-state index in [1.807, 2.05) is 0 Å². The fourth-order valence-electron chi connectivity index (χ4n) is 1.03. The molecule has 6 heteroatoms. The van der Waals surface area contributed by atoms with Gasteiger partial charge in [0, 0.05) is 11.9 Å². The molecule has 0 saturated heterocycles. The van der Waals surface area contributed by atoms with Gasteiger partial charge in [0.05, 0.1) is 4.90 Å². The Balaban J connectivity index is 2.84. The fourth-order valence-corrected chi connectivity index (χ4v) is 1.66. The van der Waals surface area contributed by atoms with Crippen molar-refractivity contribution in [2.75, 3.05) is 11.6 Å². The van der Waals surface area contributed by atoms with E-state index in [4.69, 9.17) is 5.11 Å². The van der Waals surface area contributed by atoms with Crippen LogP contribution in [0.2, 0.25) is 0 Å². The van der Waals surface area contributed by atoms with E-state index in [2.05, 4.69) is 5.32 Å². The molecule has 5 nitrogen and oxygen atoms in total. The minimum absolute atomic E-state index is 0.183. The molecule has 0 radical (unpaired) electrons. The summed E-state index contributed by atoms with van der Waals surface area (Å²) in [5, 5.41) is 11.4. The Labute approximate surface area is 94.0 Å². The molecule has 1 amide bonds. The molecular weight excluding hydrogens is 230 g/mol. The van der Waals surface area contributed by atoms with Crippen LogP contribution in [0.3, 0.4) is 0 Å². The molecule has 1 aromatic rings. The van der Waals surface area contributed by atoms with Crippen LogP contribution in [0.5, 0.6) is 0 Å². The number of nitrogens with one attached hydrogen (secondary N) is 1. The molecule has 0 bridgehead atoms. The Kier molecular flexibility index (Phi) is 3.66. The summed E-state index contributed by atoms with van der Waals surface area (Å²) in [5.74, 6) is -0.535. The maximum absolute atomic E-state index is 11.1. The summed E-state index contributed by atoms with van der Waals surface area (Å²) < 4.78 is 22.3. The van der Waals surface area contributed by atoms with Gasteiger partial charge in [0.1, 0.15) is 6.10 Å². The summed E-state index contributed by atoms with van der Waals surface area (Å²) in [5.41, 5.74) is 0.443. The topological polar surface area (TPSA) is 83.5 Å². The second-order valence-electron chi connectivity index (χ2n) is 3.46. The van der Waals surface area contributed by atoms with Crippen molar-refractivity contribution in [3.63, 3.8) is 0 Å². The lowest BCUT2D eigenvalue weighted by atomic mass is 10.3. The number of rotatable bonds is 3. The first-order chi connectivity index (χ1) is 7.30. The molecular formula is C10H13NO4S. The largest absolute Gasteiger partial charge is 0.384 e. The highest BCUT2D eigenvalue weighted by Gasteiger charge is 2.10. The lowest BCUT2D eigenvalue weighted by Crippen LogP contribution is -2.24. The van der Waals surface area contributed by atoms with Crippen LogP contribution in [0.25, 0.3) is 0 Å². The van der Waals surface area contributed by atoms with Crippen molar-refractivity contribution >= 4 is 21.4 Å². The van der Waals surface area contributed by atoms with Gasteiger partial charge in [0.25, 0.3) is 5.91 Å². The molecule has 1 unspecified atom stereocenters. The third kappa shape index (κ3) is 3.32. The summed E-state index contributed by atoms with van der Waals surface area (Å²) in [6.07, 6.45) is 0.00529. The maximum atomic E-state index is 11.1. The maximum Gasteiger partial charge on any atom is 0.252 e. The van der Waals surface area contributed by atoms with Gasteiger partial charge in [-0.05, 0) is 31.2 Å². The normalized spacial score (nSPS) is 13.2. The van der Waals surface area contributed by atoms with Crippen molar-refractivity contribution in [3.05, 3.63) is 24.3 Å². The van der Waals surface area contributed by atoms with Gasteiger partial charge in [-0.15, -0.1) is 0 Å². The zero-order valence-electron chi connectivity index (χ0n) is 8.97. The van der Waals surface area contributed by atoms with Crippen LogP contribution in [0.4, 0.5) is 5.69 Å². The van der Waals surface area contributed by atoms with Crippen LogP contribution >= 0.6 is 0 Å². The predicted octanol–water partition coefficient (Wildman–Crippen LogP) is 0.409. The predicted molar refractivity (Wildman–Crippen MR) is 59.9 cm³/mol. The molecule has 0 saturated carbocycles. The SMILES string of the molecule is CC(O)C(=O)Nc1ccc(S(C)(=O)=O)cc1. The summed E-state index contributed by atoms with van der Waals surface area (Å²) in [7, 11) is -3.23. The molecule has 2 N–H and O–H groups in total. The van der Waals surface area contributed by atoms with E-state index in [0.717, 1.165) is 6.26 Å². The Morgan fingerprint density at radius 3 is 2.19 bits per heavy atom. The molecule has 1 atom stereocenters. The minimum atomic E-state index is -3.23. The third-order valence-corrected chi connectivity index (χ3v) is 3.06. The molecule has 0 spiro atoms. The van der Waals surface area contributed by atoms with E-state index >= 15 is 0 Å². The average Bonchev–Trinajstić information content (AvgIpc) is 2.17. The van der Waals surface area contributed by atoms with Crippen molar-refractivity contribution < 1.29 is 18.3 Å². The number of hydrogen-bond donors (Lipinski definition) is 2. The van der Waals surface area contributed by atoms with Gasteiger partial charge >= 0.3 is 0 Å². The van der Waals surface area contributed by atoms with Crippen LogP contribution in [-0.4, -0.2) is 31.8 Å². The van der Waals surface area contributed by atoms with Gasteiger partial charge in [-0.3, -0.25) is 4.79 Å². The van der Waals surface area contributed by atoms with E-state index in [0.29, 0.717) is 5.69 Å². The van der Waals surface area contributed by atoms with Crippen LogP contribution in [-0.2, 0) is 14.6 Å². The summed E-state index contributed by atoms with van der Waals surface area (Å²) in [4.78, 5) is 11.3. The smallest absolute Gasteiger partial charge is 0.252 e. The van der Waals surface area contributed by atoms with Gasteiger partial charge < -0.3 is 10.4 Å². The second kappa shape index (κ2) is 4.63. The molecule has 88 valence electrons. The van der Waals surface area contributed by atoms with Crippen molar-refractivity contribution in [1.82, 2.24) is 0 Å². The number of anilines is 1. The molecule has 0 heterocycles. The molecule has 0 aliphatic heterocycles. The number of aliphatic hydroxyl groups is 1.